The third kappa shape index (κ3) is 4.39. The Morgan fingerprint density at radius 3 is 2.19 bits per heavy atom. The minimum Gasteiger partial charge on any atom is -0.423 e. The van der Waals surface area contributed by atoms with Crippen molar-refractivity contribution in [2.75, 3.05) is 0 Å². The summed E-state index contributed by atoms with van der Waals surface area (Å²) in [6, 6.07) is 21.6. The number of carbonyl (C=O) groups is 1. The molecule has 3 aromatic carbocycles. The maximum atomic E-state index is 12.0. The first-order valence-electron chi connectivity index (χ1n) is 7.78. The Labute approximate surface area is 149 Å². The number of aliphatic imine (C=N–C) groups is 1. The molecule has 0 aromatic heterocycles. The molecule has 128 valence electrons. The van der Waals surface area contributed by atoms with Crippen LogP contribution in [0.5, 0.6) is 5.75 Å². The van der Waals surface area contributed by atoms with Crippen LogP contribution in [-0.2, 0) is 0 Å². The van der Waals surface area contributed by atoms with E-state index < -0.39 is 10.9 Å². The van der Waals surface area contributed by atoms with Crippen LogP contribution in [0.2, 0.25) is 0 Å². The van der Waals surface area contributed by atoms with Crippen molar-refractivity contribution in [1.82, 2.24) is 0 Å². The maximum absolute atomic E-state index is 12.0. The number of ether oxygens (including phenoxy) is 1. The first-order valence-corrected chi connectivity index (χ1v) is 7.78. The number of rotatable bonds is 5. The van der Waals surface area contributed by atoms with E-state index in [0.717, 1.165) is 5.56 Å². The first kappa shape index (κ1) is 17.0. The Kier molecular flexibility index (Phi) is 5.14. The molecule has 6 heteroatoms. The van der Waals surface area contributed by atoms with Crippen molar-refractivity contribution >= 4 is 23.6 Å². The summed E-state index contributed by atoms with van der Waals surface area (Å²) in [7, 11) is 0. The average molecular weight is 346 g/mol. The van der Waals surface area contributed by atoms with Gasteiger partial charge in [-0.25, -0.2) is 4.79 Å². The fourth-order valence-electron chi connectivity index (χ4n) is 2.17. The van der Waals surface area contributed by atoms with Gasteiger partial charge in [0.25, 0.3) is 5.69 Å². The van der Waals surface area contributed by atoms with Crippen molar-refractivity contribution in [2.45, 2.75) is 0 Å². The highest BCUT2D eigenvalue weighted by Gasteiger charge is 2.07. The Hall–Kier alpha value is -3.80. The molecule has 3 aromatic rings. The van der Waals surface area contributed by atoms with Gasteiger partial charge in [0.05, 0.1) is 16.2 Å². The van der Waals surface area contributed by atoms with Crippen molar-refractivity contribution in [3.63, 3.8) is 0 Å². The number of hydrogen-bond acceptors (Lipinski definition) is 5. The lowest BCUT2D eigenvalue weighted by Gasteiger charge is -2.04. The molecular formula is C20H14N2O4. The number of carbonyl (C=O) groups excluding carboxylic acids is 1. The van der Waals surface area contributed by atoms with E-state index in [-0.39, 0.29) is 5.69 Å². The lowest BCUT2D eigenvalue weighted by Crippen LogP contribution is -2.07. The topological polar surface area (TPSA) is 81.8 Å². The quantitative estimate of drug-likeness (QED) is 0.223. The van der Waals surface area contributed by atoms with Gasteiger partial charge in [0.15, 0.2) is 0 Å². The minimum absolute atomic E-state index is 0.0218. The first-order chi connectivity index (χ1) is 12.6. The SMILES string of the molecule is O=C(Oc1ccc(C=Nc2ccc([N+](=O)[O-])cc2)cc1)c1ccccc1. The van der Waals surface area contributed by atoms with E-state index >= 15 is 0 Å². The predicted molar refractivity (Wildman–Crippen MR) is 98.2 cm³/mol. The fourth-order valence-corrected chi connectivity index (χ4v) is 2.17. The summed E-state index contributed by atoms with van der Waals surface area (Å²) in [6.45, 7) is 0. The van der Waals surface area contributed by atoms with E-state index in [1.807, 2.05) is 6.07 Å². The predicted octanol–water partition coefficient (Wildman–Crippen LogP) is 4.56. The summed E-state index contributed by atoms with van der Waals surface area (Å²) in [4.78, 5) is 26.4. The van der Waals surface area contributed by atoms with Gasteiger partial charge in [-0.2, -0.15) is 0 Å². The van der Waals surface area contributed by atoms with Crippen LogP contribution < -0.4 is 4.74 Å². The van der Waals surface area contributed by atoms with E-state index in [1.165, 1.54) is 12.1 Å². The number of esters is 1. The van der Waals surface area contributed by atoms with Crippen LogP contribution in [0.4, 0.5) is 11.4 Å². The van der Waals surface area contributed by atoms with Crippen LogP contribution in [0.1, 0.15) is 15.9 Å². The Balaban J connectivity index is 1.64. The summed E-state index contributed by atoms with van der Waals surface area (Å²) in [5.74, 6) is 0.0178. The third-order valence-electron chi connectivity index (χ3n) is 3.52. The van der Waals surface area contributed by atoms with E-state index in [2.05, 4.69) is 4.99 Å². The molecule has 0 saturated heterocycles. The molecule has 0 N–H and O–H groups in total. The highest BCUT2D eigenvalue weighted by molar-refractivity contribution is 5.91. The number of nitro benzene ring substituents is 1. The summed E-state index contributed by atoms with van der Waals surface area (Å²) < 4.78 is 5.31. The Morgan fingerprint density at radius 1 is 0.923 bits per heavy atom. The smallest absolute Gasteiger partial charge is 0.343 e. The zero-order valence-corrected chi connectivity index (χ0v) is 13.6. The summed E-state index contributed by atoms with van der Waals surface area (Å²) >= 11 is 0. The second-order valence-corrected chi connectivity index (χ2v) is 5.36. The molecule has 3 rings (SSSR count). The average Bonchev–Trinajstić information content (AvgIpc) is 2.68. The van der Waals surface area contributed by atoms with E-state index in [1.54, 1.807) is 66.9 Å². The molecule has 0 saturated carbocycles. The highest BCUT2D eigenvalue weighted by Crippen LogP contribution is 2.18. The number of non-ortho nitro benzene ring substituents is 1. The largest absolute Gasteiger partial charge is 0.423 e. The van der Waals surface area contributed by atoms with E-state index in [9.17, 15) is 14.9 Å². The van der Waals surface area contributed by atoms with Crippen LogP contribution in [-0.4, -0.2) is 17.1 Å². The number of hydrogen-bond donors (Lipinski definition) is 0. The second-order valence-electron chi connectivity index (χ2n) is 5.36. The van der Waals surface area contributed by atoms with Crippen molar-refractivity contribution < 1.29 is 14.5 Å². The standard InChI is InChI=1S/C20H14N2O4/c23-20(16-4-2-1-3-5-16)26-19-12-6-15(7-13-19)14-21-17-8-10-18(11-9-17)22(24)25/h1-14H. The molecule has 0 bridgehead atoms. The molecule has 0 fully saturated rings. The lowest BCUT2D eigenvalue weighted by molar-refractivity contribution is -0.384. The van der Waals surface area contributed by atoms with Crippen LogP contribution in [0.25, 0.3) is 0 Å². The molecule has 0 aliphatic carbocycles. The summed E-state index contributed by atoms with van der Waals surface area (Å²) in [5.41, 5.74) is 1.92. The molecular weight excluding hydrogens is 332 g/mol. The molecule has 0 amide bonds. The third-order valence-corrected chi connectivity index (χ3v) is 3.52. The number of nitrogens with zero attached hydrogens (tertiary/aromatic N) is 2. The van der Waals surface area contributed by atoms with Gasteiger partial charge in [0, 0.05) is 18.3 Å². The van der Waals surface area contributed by atoms with Gasteiger partial charge >= 0.3 is 5.97 Å². The monoisotopic (exact) mass is 346 g/mol. The van der Waals surface area contributed by atoms with Gasteiger partial charge in [-0.15, -0.1) is 0 Å². The highest BCUT2D eigenvalue weighted by atomic mass is 16.6. The molecule has 0 atom stereocenters. The zero-order valence-electron chi connectivity index (χ0n) is 13.6. The van der Waals surface area contributed by atoms with Gasteiger partial charge in [0.2, 0.25) is 0 Å². The fraction of sp³-hybridized carbons (Fsp3) is 0. The van der Waals surface area contributed by atoms with E-state index in [0.29, 0.717) is 17.0 Å². The van der Waals surface area contributed by atoms with Crippen molar-refractivity contribution in [3.05, 3.63) is 100 Å². The molecule has 0 aliphatic heterocycles. The van der Waals surface area contributed by atoms with Crippen LogP contribution >= 0.6 is 0 Å². The molecule has 0 radical (unpaired) electrons. The van der Waals surface area contributed by atoms with Crippen LogP contribution in [0.15, 0.2) is 83.9 Å². The van der Waals surface area contributed by atoms with Gasteiger partial charge in [-0.05, 0) is 54.1 Å². The second kappa shape index (κ2) is 7.85. The summed E-state index contributed by atoms with van der Waals surface area (Å²) in [5, 5.41) is 10.6. The lowest BCUT2D eigenvalue weighted by atomic mass is 10.2. The van der Waals surface area contributed by atoms with Gasteiger partial charge in [0.1, 0.15) is 5.75 Å². The Morgan fingerprint density at radius 2 is 1.58 bits per heavy atom. The molecule has 0 spiro atoms. The maximum Gasteiger partial charge on any atom is 0.343 e. The van der Waals surface area contributed by atoms with Gasteiger partial charge in [-0.3, -0.25) is 15.1 Å². The van der Waals surface area contributed by atoms with E-state index in [4.69, 9.17) is 4.74 Å². The van der Waals surface area contributed by atoms with Crippen LogP contribution in [0.3, 0.4) is 0 Å². The minimum atomic E-state index is -0.455. The molecule has 0 heterocycles. The van der Waals surface area contributed by atoms with Crippen LogP contribution in [0, 0.1) is 10.1 Å². The number of benzene rings is 3. The summed E-state index contributed by atoms with van der Waals surface area (Å²) in [6.07, 6.45) is 1.63. The van der Waals surface area contributed by atoms with Gasteiger partial charge in [-0.1, -0.05) is 18.2 Å². The van der Waals surface area contributed by atoms with Crippen molar-refractivity contribution in [3.8, 4) is 5.75 Å². The Bertz CT molecular complexity index is 934. The zero-order chi connectivity index (χ0) is 18.4. The molecule has 0 unspecified atom stereocenters. The van der Waals surface area contributed by atoms with Gasteiger partial charge < -0.3 is 4.74 Å². The molecule has 26 heavy (non-hydrogen) atoms. The van der Waals surface area contributed by atoms with Crippen molar-refractivity contribution in [1.29, 1.82) is 0 Å². The molecule has 0 aliphatic rings. The van der Waals surface area contributed by atoms with Crippen molar-refractivity contribution in [2.24, 2.45) is 4.99 Å². The molecule has 6 nitrogen and oxygen atoms in total. The number of nitro groups is 1. The normalized spacial score (nSPS) is 10.6.